The van der Waals surface area contributed by atoms with E-state index in [1.807, 2.05) is 6.07 Å². The number of ether oxygens (including phenoxy) is 2. The summed E-state index contributed by atoms with van der Waals surface area (Å²) in [6.07, 6.45) is -0.231. The van der Waals surface area contributed by atoms with E-state index in [0.29, 0.717) is 5.56 Å². The quantitative estimate of drug-likeness (QED) is 0.599. The summed E-state index contributed by atoms with van der Waals surface area (Å²) >= 11 is 5.68. The van der Waals surface area contributed by atoms with Crippen LogP contribution in [-0.4, -0.2) is 19.2 Å². The zero-order valence-electron chi connectivity index (χ0n) is 10.7. The molecule has 4 nitrogen and oxygen atoms in total. The van der Waals surface area contributed by atoms with Gasteiger partial charge in [-0.15, -0.1) is 11.6 Å². The third-order valence-electron chi connectivity index (χ3n) is 2.41. The van der Waals surface area contributed by atoms with Crippen molar-refractivity contribution in [3.05, 3.63) is 28.8 Å². The SMILES string of the molecule is CCOC(=O)Cc1cc(CCl)c(C#N)cc1OC(F)F. The van der Waals surface area contributed by atoms with Gasteiger partial charge in [-0.25, -0.2) is 0 Å². The number of halogens is 3. The maximum absolute atomic E-state index is 12.4. The molecule has 0 saturated carbocycles. The fourth-order valence-corrected chi connectivity index (χ4v) is 1.82. The van der Waals surface area contributed by atoms with Crippen LogP contribution in [0.4, 0.5) is 8.78 Å². The van der Waals surface area contributed by atoms with E-state index in [1.165, 1.54) is 6.07 Å². The van der Waals surface area contributed by atoms with Crippen LogP contribution in [0, 0.1) is 11.3 Å². The molecule has 0 aliphatic heterocycles. The molecule has 0 aromatic heterocycles. The maximum Gasteiger partial charge on any atom is 0.387 e. The van der Waals surface area contributed by atoms with Crippen molar-refractivity contribution in [3.63, 3.8) is 0 Å². The van der Waals surface area contributed by atoms with Crippen LogP contribution in [0.2, 0.25) is 0 Å². The second-order valence-electron chi connectivity index (χ2n) is 3.72. The minimum atomic E-state index is -3.05. The first-order chi connectivity index (χ1) is 9.51. The van der Waals surface area contributed by atoms with Crippen LogP contribution >= 0.6 is 11.6 Å². The average Bonchev–Trinajstić information content (AvgIpc) is 2.39. The van der Waals surface area contributed by atoms with Crippen molar-refractivity contribution >= 4 is 17.6 Å². The molecular formula is C13H12ClF2NO3. The summed E-state index contributed by atoms with van der Waals surface area (Å²) in [6, 6.07) is 4.39. The molecule has 0 unspecified atom stereocenters. The summed E-state index contributed by atoms with van der Waals surface area (Å²) in [6.45, 7) is -1.23. The van der Waals surface area contributed by atoms with E-state index in [9.17, 15) is 13.6 Å². The Morgan fingerprint density at radius 1 is 1.45 bits per heavy atom. The number of alkyl halides is 3. The Balaban J connectivity index is 3.17. The lowest BCUT2D eigenvalue weighted by Crippen LogP contribution is -2.11. The van der Waals surface area contributed by atoms with Gasteiger partial charge in [0.25, 0.3) is 0 Å². The fourth-order valence-electron chi connectivity index (χ4n) is 1.60. The summed E-state index contributed by atoms with van der Waals surface area (Å²) in [5.74, 6) is -0.774. The molecule has 0 amide bonds. The van der Waals surface area contributed by atoms with Crippen LogP contribution < -0.4 is 4.74 Å². The van der Waals surface area contributed by atoms with Crippen molar-refractivity contribution in [3.8, 4) is 11.8 Å². The molecule has 1 rings (SSSR count). The molecule has 0 heterocycles. The molecule has 0 N–H and O–H groups in total. The Hall–Kier alpha value is -1.87. The highest BCUT2D eigenvalue weighted by molar-refractivity contribution is 6.17. The number of rotatable bonds is 6. The Morgan fingerprint density at radius 3 is 2.65 bits per heavy atom. The van der Waals surface area contributed by atoms with Gasteiger partial charge in [-0.05, 0) is 24.6 Å². The second kappa shape index (κ2) is 7.65. The third-order valence-corrected chi connectivity index (χ3v) is 2.69. The zero-order valence-corrected chi connectivity index (χ0v) is 11.4. The number of hydrogen-bond donors (Lipinski definition) is 0. The van der Waals surface area contributed by atoms with E-state index in [2.05, 4.69) is 4.74 Å². The summed E-state index contributed by atoms with van der Waals surface area (Å²) in [4.78, 5) is 11.4. The first kappa shape index (κ1) is 16.2. The summed E-state index contributed by atoms with van der Waals surface area (Å²) < 4.78 is 33.8. The fraction of sp³-hybridized carbons (Fsp3) is 0.385. The monoisotopic (exact) mass is 303 g/mol. The highest BCUT2D eigenvalue weighted by Gasteiger charge is 2.17. The van der Waals surface area contributed by atoms with Gasteiger partial charge in [0.1, 0.15) is 5.75 Å². The number of nitrogens with zero attached hydrogens (tertiary/aromatic N) is 1. The van der Waals surface area contributed by atoms with Crippen molar-refractivity contribution in [2.24, 2.45) is 0 Å². The molecule has 0 spiro atoms. The Morgan fingerprint density at radius 2 is 2.15 bits per heavy atom. The smallest absolute Gasteiger partial charge is 0.387 e. The van der Waals surface area contributed by atoms with Crippen LogP contribution in [0.15, 0.2) is 12.1 Å². The molecule has 0 saturated heterocycles. The number of hydrogen-bond acceptors (Lipinski definition) is 4. The summed E-state index contributed by atoms with van der Waals surface area (Å²) in [7, 11) is 0. The molecule has 0 atom stereocenters. The largest absolute Gasteiger partial charge is 0.466 e. The van der Waals surface area contributed by atoms with Gasteiger partial charge in [-0.3, -0.25) is 4.79 Å². The molecule has 7 heteroatoms. The second-order valence-corrected chi connectivity index (χ2v) is 3.99. The van der Waals surface area contributed by atoms with Crippen molar-refractivity contribution in [2.75, 3.05) is 6.61 Å². The van der Waals surface area contributed by atoms with Crippen LogP contribution in [0.25, 0.3) is 0 Å². The van der Waals surface area contributed by atoms with Gasteiger partial charge in [0.2, 0.25) is 0 Å². The average molecular weight is 304 g/mol. The molecule has 0 aliphatic rings. The van der Waals surface area contributed by atoms with E-state index in [4.69, 9.17) is 21.6 Å². The Bertz CT molecular complexity index is 529. The number of benzene rings is 1. The van der Waals surface area contributed by atoms with Crippen molar-refractivity contribution < 1.29 is 23.0 Å². The lowest BCUT2D eigenvalue weighted by atomic mass is 10.0. The zero-order chi connectivity index (χ0) is 15.1. The van der Waals surface area contributed by atoms with Gasteiger partial charge < -0.3 is 9.47 Å². The lowest BCUT2D eigenvalue weighted by molar-refractivity contribution is -0.142. The number of carbonyl (C=O) groups is 1. The van der Waals surface area contributed by atoms with Crippen LogP contribution in [0.5, 0.6) is 5.75 Å². The van der Waals surface area contributed by atoms with Gasteiger partial charge in [0.15, 0.2) is 0 Å². The van der Waals surface area contributed by atoms with Gasteiger partial charge in [-0.1, -0.05) is 0 Å². The van der Waals surface area contributed by atoms with E-state index < -0.39 is 12.6 Å². The topological polar surface area (TPSA) is 59.3 Å². The predicted molar refractivity (Wildman–Crippen MR) is 67.7 cm³/mol. The third kappa shape index (κ3) is 4.35. The van der Waals surface area contributed by atoms with Gasteiger partial charge in [0, 0.05) is 11.4 Å². The normalized spacial score (nSPS) is 10.2. The first-order valence-electron chi connectivity index (χ1n) is 5.74. The number of carbonyl (C=O) groups excluding carboxylic acids is 1. The lowest BCUT2D eigenvalue weighted by Gasteiger charge is -2.13. The van der Waals surface area contributed by atoms with Crippen LogP contribution in [0.1, 0.15) is 23.6 Å². The standard InChI is InChI=1S/C13H12ClF2NO3/c1-2-19-12(18)5-8-3-9(6-14)10(7-17)4-11(8)20-13(15)16/h3-4,13H,2,5-6H2,1H3. The molecule has 1 aromatic carbocycles. The van der Waals surface area contributed by atoms with Gasteiger partial charge >= 0.3 is 12.6 Å². The Kier molecular flexibility index (Phi) is 6.19. The number of nitriles is 1. The van der Waals surface area contributed by atoms with Crippen molar-refractivity contribution in [2.45, 2.75) is 25.8 Å². The molecule has 0 bridgehead atoms. The maximum atomic E-state index is 12.4. The van der Waals surface area contributed by atoms with Crippen molar-refractivity contribution in [1.82, 2.24) is 0 Å². The molecule has 108 valence electrons. The van der Waals surface area contributed by atoms with E-state index in [-0.39, 0.29) is 35.8 Å². The highest BCUT2D eigenvalue weighted by atomic mass is 35.5. The van der Waals surface area contributed by atoms with Crippen molar-refractivity contribution in [1.29, 1.82) is 5.26 Å². The molecule has 20 heavy (non-hydrogen) atoms. The summed E-state index contributed by atoms with van der Waals surface area (Å²) in [5, 5.41) is 8.92. The minimum absolute atomic E-state index is 0.0215. The summed E-state index contributed by atoms with van der Waals surface area (Å²) in [5.41, 5.74) is 0.775. The van der Waals surface area contributed by atoms with Gasteiger partial charge in [0.05, 0.1) is 24.7 Å². The van der Waals surface area contributed by atoms with E-state index >= 15 is 0 Å². The predicted octanol–water partition coefficient (Wildman–Crippen LogP) is 3.00. The van der Waals surface area contributed by atoms with Crippen LogP contribution in [0.3, 0.4) is 0 Å². The molecule has 0 fully saturated rings. The molecular weight excluding hydrogens is 292 g/mol. The van der Waals surface area contributed by atoms with Crippen LogP contribution in [-0.2, 0) is 21.8 Å². The highest BCUT2D eigenvalue weighted by Crippen LogP contribution is 2.27. The first-order valence-corrected chi connectivity index (χ1v) is 6.27. The van der Waals surface area contributed by atoms with Gasteiger partial charge in [-0.2, -0.15) is 14.0 Å². The molecule has 0 aliphatic carbocycles. The van der Waals surface area contributed by atoms with E-state index in [1.54, 1.807) is 6.92 Å². The molecule has 0 radical (unpaired) electrons. The minimum Gasteiger partial charge on any atom is -0.466 e. The Labute approximate surface area is 119 Å². The molecule has 1 aromatic rings. The number of esters is 1. The van der Waals surface area contributed by atoms with E-state index in [0.717, 1.165) is 6.07 Å².